The molecule has 4 rings (SSSR count). The van der Waals surface area contributed by atoms with Crippen LogP contribution < -0.4 is 20.1 Å². The molecule has 36 heavy (non-hydrogen) atoms. The van der Waals surface area contributed by atoms with E-state index in [1.807, 2.05) is 0 Å². The number of benzene rings is 1. The summed E-state index contributed by atoms with van der Waals surface area (Å²) in [4.78, 5) is 32.0. The molecule has 0 N–H and O–H groups in total. The lowest BCUT2D eigenvalue weighted by molar-refractivity contribution is -0.137. The van der Waals surface area contributed by atoms with E-state index in [-0.39, 0.29) is 34.6 Å². The van der Waals surface area contributed by atoms with Crippen molar-refractivity contribution in [2.24, 2.45) is 0 Å². The lowest BCUT2D eigenvalue weighted by Crippen LogP contribution is -2.44. The third kappa shape index (κ3) is 3.93. The topological polar surface area (TPSA) is 90.9 Å². The van der Waals surface area contributed by atoms with Gasteiger partial charge in [-0.25, -0.2) is 4.39 Å². The van der Waals surface area contributed by atoms with Crippen LogP contribution in [0, 0.1) is 17.1 Å². The molecule has 3 heterocycles. The molecule has 1 amide bonds. The number of amides is 1. The number of thiocarbonyl (C=S) groups is 1. The first-order chi connectivity index (χ1) is 16.8. The number of nitriles is 1. The van der Waals surface area contributed by atoms with E-state index in [0.717, 1.165) is 27.5 Å². The van der Waals surface area contributed by atoms with E-state index in [1.54, 1.807) is 6.92 Å². The fourth-order valence-corrected chi connectivity index (χ4v) is 4.45. The van der Waals surface area contributed by atoms with Gasteiger partial charge in [-0.3, -0.25) is 18.9 Å². The van der Waals surface area contributed by atoms with E-state index in [2.05, 4.69) is 4.98 Å². The summed E-state index contributed by atoms with van der Waals surface area (Å²) < 4.78 is 61.7. The zero-order valence-electron chi connectivity index (χ0n) is 19.1. The van der Waals surface area contributed by atoms with Crippen LogP contribution in [0.4, 0.5) is 28.9 Å². The Kier molecular flexibility index (Phi) is 5.96. The predicted molar refractivity (Wildman–Crippen MR) is 125 cm³/mol. The Balaban J connectivity index is 1.85. The van der Waals surface area contributed by atoms with Gasteiger partial charge in [0, 0.05) is 12.3 Å². The number of hydrogen-bond acceptors (Lipinski definition) is 6. The number of aromatic nitrogens is 2. The summed E-state index contributed by atoms with van der Waals surface area (Å²) in [5, 5.41) is 8.81. The van der Waals surface area contributed by atoms with Gasteiger partial charge in [-0.15, -0.1) is 0 Å². The zero-order chi connectivity index (χ0) is 26.6. The second-order valence-electron chi connectivity index (χ2n) is 8.26. The van der Waals surface area contributed by atoms with Crippen LogP contribution in [0.1, 0.15) is 31.9 Å². The normalized spacial score (nSPS) is 15.5. The number of nitrogens with zero attached hydrogens (tertiary/aromatic N) is 5. The fraction of sp³-hybridized carbons (Fsp3) is 0.261. The molecular weight excluding hydrogens is 502 g/mol. The average Bonchev–Trinajstić information content (AvgIpc) is 2.97. The van der Waals surface area contributed by atoms with Crippen LogP contribution in [0.15, 0.2) is 41.3 Å². The average molecular weight is 519 g/mol. The molecule has 186 valence electrons. The number of ether oxygens (including phenoxy) is 1. The highest BCUT2D eigenvalue weighted by Gasteiger charge is 2.51. The van der Waals surface area contributed by atoms with Crippen molar-refractivity contribution in [2.75, 3.05) is 16.4 Å². The molecule has 0 bridgehead atoms. The molecule has 1 saturated heterocycles. The predicted octanol–water partition coefficient (Wildman–Crippen LogP) is 4.04. The van der Waals surface area contributed by atoms with Gasteiger partial charge in [0.25, 0.3) is 11.5 Å². The molecule has 0 saturated carbocycles. The maximum atomic E-state index is 15.1. The van der Waals surface area contributed by atoms with Gasteiger partial charge in [-0.1, -0.05) is 0 Å². The van der Waals surface area contributed by atoms with Crippen molar-refractivity contribution >= 4 is 40.3 Å². The zero-order valence-corrected chi connectivity index (χ0v) is 19.9. The van der Waals surface area contributed by atoms with E-state index >= 15 is 4.39 Å². The maximum absolute atomic E-state index is 15.1. The lowest BCUT2D eigenvalue weighted by atomic mass is 10.0. The minimum atomic E-state index is -4.85. The van der Waals surface area contributed by atoms with Crippen molar-refractivity contribution in [1.29, 1.82) is 5.26 Å². The van der Waals surface area contributed by atoms with Gasteiger partial charge >= 0.3 is 6.18 Å². The molecule has 1 aromatic carbocycles. The van der Waals surface area contributed by atoms with Gasteiger partial charge in [-0.2, -0.15) is 23.4 Å². The van der Waals surface area contributed by atoms with Crippen LogP contribution in [0.2, 0.25) is 0 Å². The summed E-state index contributed by atoms with van der Waals surface area (Å²) in [6.45, 7) is 4.80. The molecule has 0 radical (unpaired) electrons. The van der Waals surface area contributed by atoms with Crippen molar-refractivity contribution in [1.82, 2.24) is 9.38 Å². The highest BCUT2D eigenvalue weighted by atomic mass is 32.1. The van der Waals surface area contributed by atoms with Crippen molar-refractivity contribution < 1.29 is 27.1 Å². The summed E-state index contributed by atoms with van der Waals surface area (Å²) in [6, 6.07) is 6.34. The summed E-state index contributed by atoms with van der Waals surface area (Å²) >= 11 is 5.44. The summed E-state index contributed by atoms with van der Waals surface area (Å²) in [5.74, 6) is -1.66. The summed E-state index contributed by atoms with van der Waals surface area (Å²) in [6.07, 6.45) is -3.62. The highest BCUT2D eigenvalue weighted by Crippen LogP contribution is 2.39. The number of pyridine rings is 1. The molecular formula is C23H17F4N5O3S. The number of anilines is 2. The van der Waals surface area contributed by atoms with Crippen LogP contribution in [0.3, 0.4) is 0 Å². The Labute approximate surface area is 206 Å². The van der Waals surface area contributed by atoms with E-state index < -0.39 is 40.1 Å². The molecule has 0 spiro atoms. The first-order valence-electron chi connectivity index (χ1n) is 10.5. The second-order valence-corrected chi connectivity index (χ2v) is 8.63. The minimum absolute atomic E-state index is 0.00333. The molecule has 1 aliphatic rings. The number of halogens is 4. The quantitative estimate of drug-likeness (QED) is 0.380. The largest absolute Gasteiger partial charge is 0.478 e. The first kappa shape index (κ1) is 25.1. The Morgan fingerprint density at radius 2 is 1.86 bits per heavy atom. The van der Waals surface area contributed by atoms with Crippen LogP contribution in [-0.2, 0) is 11.0 Å². The van der Waals surface area contributed by atoms with E-state index in [4.69, 9.17) is 22.2 Å². The van der Waals surface area contributed by atoms with Crippen molar-refractivity contribution in [3.63, 3.8) is 0 Å². The number of hydrogen-bond donors (Lipinski definition) is 0. The van der Waals surface area contributed by atoms with E-state index in [9.17, 15) is 22.8 Å². The van der Waals surface area contributed by atoms with Gasteiger partial charge in [0.2, 0.25) is 5.88 Å². The molecule has 1 aliphatic heterocycles. The van der Waals surface area contributed by atoms with Crippen LogP contribution >= 0.6 is 12.2 Å². The van der Waals surface area contributed by atoms with Gasteiger partial charge < -0.3 is 9.64 Å². The minimum Gasteiger partial charge on any atom is -0.478 e. The standard InChI is InChI=1S/C23H17F4N5O3S/c1-4-35-17-9-18(33)30-11-14(8-16(24)19(30)29-17)32-21(36)31(20(34)22(32,2)3)13-6-5-12(10-28)15(7-13)23(25,26)27/h5-9,11H,4H2,1-3H3. The van der Waals surface area contributed by atoms with Gasteiger partial charge in [-0.05, 0) is 51.2 Å². The number of carbonyl (C=O) groups excluding carboxylic acids is 1. The second kappa shape index (κ2) is 8.56. The van der Waals surface area contributed by atoms with E-state index in [0.29, 0.717) is 6.07 Å². The Hall–Kier alpha value is -4.05. The van der Waals surface area contributed by atoms with Crippen LogP contribution in [0.25, 0.3) is 5.65 Å². The monoisotopic (exact) mass is 519 g/mol. The molecule has 13 heteroatoms. The summed E-state index contributed by atoms with van der Waals surface area (Å²) in [5.41, 5.74) is -4.49. The first-order valence-corrected chi connectivity index (χ1v) is 10.9. The number of alkyl halides is 3. The maximum Gasteiger partial charge on any atom is 0.417 e. The van der Waals surface area contributed by atoms with Crippen molar-refractivity contribution in [2.45, 2.75) is 32.5 Å². The van der Waals surface area contributed by atoms with E-state index in [1.165, 1.54) is 37.1 Å². The Bertz CT molecular complexity index is 1530. The third-order valence-corrected chi connectivity index (χ3v) is 5.95. The van der Waals surface area contributed by atoms with Gasteiger partial charge in [0.15, 0.2) is 16.6 Å². The van der Waals surface area contributed by atoms with Crippen molar-refractivity contribution in [3.8, 4) is 11.9 Å². The Morgan fingerprint density at radius 1 is 1.17 bits per heavy atom. The fourth-order valence-electron chi connectivity index (χ4n) is 3.93. The SMILES string of the molecule is CCOc1cc(=O)n2cc(N3C(=S)N(c4ccc(C#N)c(C(F)(F)F)c4)C(=O)C3(C)C)cc(F)c2n1. The lowest BCUT2D eigenvalue weighted by Gasteiger charge is -2.29. The smallest absolute Gasteiger partial charge is 0.417 e. The summed E-state index contributed by atoms with van der Waals surface area (Å²) in [7, 11) is 0. The Morgan fingerprint density at radius 3 is 2.47 bits per heavy atom. The number of carbonyl (C=O) groups is 1. The van der Waals surface area contributed by atoms with Crippen molar-refractivity contribution in [3.05, 3.63) is 63.8 Å². The molecule has 1 fully saturated rings. The molecule has 8 nitrogen and oxygen atoms in total. The molecule has 3 aromatic rings. The molecule has 0 atom stereocenters. The molecule has 0 aliphatic carbocycles. The highest BCUT2D eigenvalue weighted by molar-refractivity contribution is 7.81. The van der Waals surface area contributed by atoms with Crippen LogP contribution in [-0.4, -0.2) is 32.6 Å². The van der Waals surface area contributed by atoms with Crippen LogP contribution in [0.5, 0.6) is 5.88 Å². The molecule has 2 aromatic heterocycles. The third-order valence-electron chi connectivity index (χ3n) is 5.58. The van der Waals surface area contributed by atoms with Gasteiger partial charge in [0.1, 0.15) is 5.54 Å². The number of rotatable bonds is 4. The van der Waals surface area contributed by atoms with Gasteiger partial charge in [0.05, 0.1) is 41.2 Å². The molecule has 0 unspecified atom stereocenters. The number of fused-ring (bicyclic) bond motifs is 1.